The highest BCUT2D eigenvalue weighted by molar-refractivity contribution is 5.78. The summed E-state index contributed by atoms with van der Waals surface area (Å²) in [7, 11) is 0. The van der Waals surface area contributed by atoms with Gasteiger partial charge in [-0.1, -0.05) is 19.1 Å². The third-order valence-electron chi connectivity index (χ3n) is 3.73. The summed E-state index contributed by atoms with van der Waals surface area (Å²) in [6, 6.07) is 7.46. The summed E-state index contributed by atoms with van der Waals surface area (Å²) >= 11 is 0. The molecule has 2 rings (SSSR count). The molecule has 1 aliphatic rings. The first-order chi connectivity index (χ1) is 9.07. The minimum atomic E-state index is 0.0540. The third kappa shape index (κ3) is 4.24. The first kappa shape index (κ1) is 13.9. The van der Waals surface area contributed by atoms with Gasteiger partial charge < -0.3 is 15.8 Å². The van der Waals surface area contributed by atoms with E-state index in [0.29, 0.717) is 12.1 Å². The molecule has 0 atom stereocenters. The molecule has 4 heteroatoms. The molecule has 1 aromatic rings. The number of hydrogen-bond acceptors (Lipinski definition) is 3. The number of carbonyl (C=O) groups is 1. The van der Waals surface area contributed by atoms with Crippen LogP contribution < -0.4 is 11.1 Å². The Kier molecular flexibility index (Phi) is 4.43. The fourth-order valence-electron chi connectivity index (χ4n) is 2.30. The van der Waals surface area contributed by atoms with E-state index in [4.69, 9.17) is 10.5 Å². The number of carbonyl (C=O) groups excluding carboxylic acids is 1. The molecular formula is C15H22N2O2. The molecular weight excluding hydrogens is 240 g/mol. The molecule has 0 bridgehead atoms. The zero-order valence-corrected chi connectivity index (χ0v) is 11.4. The van der Waals surface area contributed by atoms with Crippen LogP contribution in [0.5, 0.6) is 0 Å². The van der Waals surface area contributed by atoms with Crippen molar-refractivity contribution in [3.8, 4) is 0 Å². The van der Waals surface area contributed by atoms with Gasteiger partial charge in [0.1, 0.15) is 0 Å². The van der Waals surface area contributed by atoms with Gasteiger partial charge >= 0.3 is 0 Å². The first-order valence-corrected chi connectivity index (χ1v) is 6.76. The largest absolute Gasteiger partial charge is 0.399 e. The minimum Gasteiger partial charge on any atom is -0.399 e. The number of nitrogens with two attached hydrogens (primary N) is 1. The number of anilines is 1. The average molecular weight is 262 g/mol. The van der Waals surface area contributed by atoms with E-state index in [0.717, 1.165) is 38.2 Å². The van der Waals surface area contributed by atoms with E-state index >= 15 is 0 Å². The molecule has 1 amide bonds. The predicted octanol–water partition coefficient (Wildman–Crippen LogP) is 1.74. The SMILES string of the molecule is CC1(CNC(=O)Cc2cccc(N)c2)CCOCC1. The highest BCUT2D eigenvalue weighted by Crippen LogP contribution is 2.28. The molecule has 104 valence electrons. The zero-order chi connectivity index (χ0) is 13.7. The lowest BCUT2D eigenvalue weighted by Crippen LogP contribution is -2.39. The van der Waals surface area contributed by atoms with Gasteiger partial charge in [0.05, 0.1) is 6.42 Å². The van der Waals surface area contributed by atoms with E-state index in [1.807, 2.05) is 24.3 Å². The number of ether oxygens (including phenoxy) is 1. The van der Waals surface area contributed by atoms with E-state index in [2.05, 4.69) is 12.2 Å². The Balaban J connectivity index is 1.81. The number of nitrogens with one attached hydrogen (secondary N) is 1. The molecule has 0 radical (unpaired) electrons. The highest BCUT2D eigenvalue weighted by atomic mass is 16.5. The number of amides is 1. The van der Waals surface area contributed by atoms with Crippen LogP contribution in [0.4, 0.5) is 5.69 Å². The monoisotopic (exact) mass is 262 g/mol. The van der Waals surface area contributed by atoms with Crippen LogP contribution >= 0.6 is 0 Å². The van der Waals surface area contributed by atoms with Crippen molar-refractivity contribution in [2.45, 2.75) is 26.2 Å². The van der Waals surface area contributed by atoms with Gasteiger partial charge in [-0.15, -0.1) is 0 Å². The van der Waals surface area contributed by atoms with Crippen LogP contribution in [-0.2, 0) is 16.0 Å². The number of hydrogen-bond donors (Lipinski definition) is 2. The van der Waals surface area contributed by atoms with Crippen LogP contribution in [0.25, 0.3) is 0 Å². The van der Waals surface area contributed by atoms with E-state index in [1.165, 1.54) is 0 Å². The van der Waals surface area contributed by atoms with Gasteiger partial charge in [0.25, 0.3) is 0 Å². The van der Waals surface area contributed by atoms with Gasteiger partial charge in [-0.05, 0) is 36.0 Å². The molecule has 0 aliphatic carbocycles. The molecule has 1 aromatic carbocycles. The van der Waals surface area contributed by atoms with Crippen LogP contribution in [0.15, 0.2) is 24.3 Å². The van der Waals surface area contributed by atoms with Crippen molar-refractivity contribution in [1.29, 1.82) is 0 Å². The van der Waals surface area contributed by atoms with Crippen molar-refractivity contribution in [1.82, 2.24) is 5.32 Å². The van der Waals surface area contributed by atoms with Crippen molar-refractivity contribution in [2.75, 3.05) is 25.5 Å². The third-order valence-corrected chi connectivity index (χ3v) is 3.73. The summed E-state index contributed by atoms with van der Waals surface area (Å²) in [5, 5.41) is 3.03. The molecule has 0 spiro atoms. The lowest BCUT2D eigenvalue weighted by atomic mass is 9.82. The predicted molar refractivity (Wildman–Crippen MR) is 75.7 cm³/mol. The summed E-state index contributed by atoms with van der Waals surface area (Å²) in [6.45, 7) is 4.51. The van der Waals surface area contributed by atoms with E-state index in [-0.39, 0.29) is 11.3 Å². The summed E-state index contributed by atoms with van der Waals surface area (Å²) in [5.74, 6) is 0.0540. The molecule has 1 heterocycles. The fourth-order valence-corrected chi connectivity index (χ4v) is 2.30. The lowest BCUT2D eigenvalue weighted by molar-refractivity contribution is -0.121. The van der Waals surface area contributed by atoms with Gasteiger partial charge in [0.15, 0.2) is 0 Å². The molecule has 19 heavy (non-hydrogen) atoms. The molecule has 1 fully saturated rings. The standard InChI is InChI=1S/C15H22N2O2/c1-15(5-7-19-8-6-15)11-17-14(18)10-12-3-2-4-13(16)9-12/h2-4,9H,5-8,10-11,16H2,1H3,(H,17,18). The van der Waals surface area contributed by atoms with Gasteiger partial charge in [-0.25, -0.2) is 0 Å². The topological polar surface area (TPSA) is 64.4 Å². The van der Waals surface area contributed by atoms with Gasteiger partial charge in [-0.2, -0.15) is 0 Å². The van der Waals surface area contributed by atoms with Crippen LogP contribution in [-0.4, -0.2) is 25.7 Å². The number of nitrogen functional groups attached to an aromatic ring is 1. The molecule has 0 aromatic heterocycles. The first-order valence-electron chi connectivity index (χ1n) is 6.76. The van der Waals surface area contributed by atoms with Gasteiger partial charge in [0.2, 0.25) is 5.91 Å². The second-order valence-electron chi connectivity index (χ2n) is 5.62. The number of benzene rings is 1. The molecule has 1 aliphatic heterocycles. The molecule has 4 nitrogen and oxygen atoms in total. The second-order valence-corrected chi connectivity index (χ2v) is 5.62. The Morgan fingerprint density at radius 1 is 1.42 bits per heavy atom. The quantitative estimate of drug-likeness (QED) is 0.812. The second kappa shape index (κ2) is 6.06. The van der Waals surface area contributed by atoms with Crippen molar-refractivity contribution < 1.29 is 9.53 Å². The van der Waals surface area contributed by atoms with Gasteiger partial charge in [0, 0.05) is 25.4 Å². The average Bonchev–Trinajstić information content (AvgIpc) is 2.38. The fraction of sp³-hybridized carbons (Fsp3) is 0.533. The van der Waals surface area contributed by atoms with Gasteiger partial charge in [-0.3, -0.25) is 4.79 Å². The van der Waals surface area contributed by atoms with E-state index in [9.17, 15) is 4.79 Å². The Morgan fingerprint density at radius 2 is 2.16 bits per heavy atom. The van der Waals surface area contributed by atoms with E-state index < -0.39 is 0 Å². The highest BCUT2D eigenvalue weighted by Gasteiger charge is 2.27. The lowest BCUT2D eigenvalue weighted by Gasteiger charge is -2.33. The smallest absolute Gasteiger partial charge is 0.224 e. The van der Waals surface area contributed by atoms with Crippen LogP contribution in [0.2, 0.25) is 0 Å². The maximum absolute atomic E-state index is 11.9. The van der Waals surface area contributed by atoms with Crippen LogP contribution in [0.3, 0.4) is 0 Å². The maximum Gasteiger partial charge on any atom is 0.224 e. The Hall–Kier alpha value is -1.55. The molecule has 1 saturated heterocycles. The van der Waals surface area contributed by atoms with Crippen LogP contribution in [0.1, 0.15) is 25.3 Å². The number of rotatable bonds is 4. The Labute approximate surface area is 114 Å². The van der Waals surface area contributed by atoms with Crippen molar-refractivity contribution in [2.24, 2.45) is 5.41 Å². The van der Waals surface area contributed by atoms with Crippen LogP contribution in [0, 0.1) is 5.41 Å². The minimum absolute atomic E-state index is 0.0540. The van der Waals surface area contributed by atoms with Crippen molar-refractivity contribution >= 4 is 11.6 Å². The maximum atomic E-state index is 11.9. The molecule has 0 saturated carbocycles. The summed E-state index contributed by atoms with van der Waals surface area (Å²) in [5.41, 5.74) is 7.52. The molecule has 0 unspecified atom stereocenters. The summed E-state index contributed by atoms with van der Waals surface area (Å²) in [4.78, 5) is 11.9. The van der Waals surface area contributed by atoms with E-state index in [1.54, 1.807) is 0 Å². The Morgan fingerprint density at radius 3 is 2.84 bits per heavy atom. The van der Waals surface area contributed by atoms with Crippen molar-refractivity contribution in [3.63, 3.8) is 0 Å². The summed E-state index contributed by atoms with van der Waals surface area (Å²) in [6.07, 6.45) is 2.40. The van der Waals surface area contributed by atoms with Crippen molar-refractivity contribution in [3.05, 3.63) is 29.8 Å². The molecule has 3 N–H and O–H groups in total. The summed E-state index contributed by atoms with van der Waals surface area (Å²) < 4.78 is 5.35. The Bertz CT molecular complexity index is 440. The normalized spacial score (nSPS) is 17.9. The zero-order valence-electron chi connectivity index (χ0n) is 11.4.